The van der Waals surface area contributed by atoms with Gasteiger partial charge in [0.05, 0.1) is 19.9 Å². The van der Waals surface area contributed by atoms with E-state index in [1.54, 1.807) is 14.2 Å². The normalized spacial score (nSPS) is 9.71. The summed E-state index contributed by atoms with van der Waals surface area (Å²) in [4.78, 5) is 0. The van der Waals surface area contributed by atoms with Crippen molar-refractivity contribution in [2.75, 3.05) is 26.1 Å². The molecule has 0 spiro atoms. The van der Waals surface area contributed by atoms with Gasteiger partial charge in [-0.3, -0.25) is 0 Å². The molecule has 14 heavy (non-hydrogen) atoms. The second-order valence-corrected chi connectivity index (χ2v) is 3.05. The highest BCUT2D eigenvalue weighted by molar-refractivity contribution is 5.62. The minimum Gasteiger partial charge on any atom is -0.496 e. The van der Waals surface area contributed by atoms with Crippen molar-refractivity contribution in [1.29, 1.82) is 0 Å². The Bertz CT molecular complexity index is 310. The molecule has 0 aliphatic carbocycles. The summed E-state index contributed by atoms with van der Waals surface area (Å²) in [7, 11) is 3.34. The van der Waals surface area contributed by atoms with Gasteiger partial charge in [0.1, 0.15) is 11.5 Å². The quantitative estimate of drug-likeness (QED) is 0.800. The predicted octanol–water partition coefficient (Wildman–Crippen LogP) is 2.44. The third-order valence-electron chi connectivity index (χ3n) is 2.08. The Labute approximate surface area is 85.0 Å². The van der Waals surface area contributed by atoms with Crippen molar-refractivity contribution in [3.63, 3.8) is 0 Å². The van der Waals surface area contributed by atoms with E-state index < -0.39 is 0 Å². The molecule has 3 heteroatoms. The van der Waals surface area contributed by atoms with Crippen molar-refractivity contribution in [3.05, 3.63) is 17.7 Å². The fraction of sp³-hybridized carbons (Fsp3) is 0.455. The van der Waals surface area contributed by atoms with Gasteiger partial charge < -0.3 is 14.8 Å². The summed E-state index contributed by atoms with van der Waals surface area (Å²) in [6.07, 6.45) is 0. The largest absolute Gasteiger partial charge is 0.496 e. The van der Waals surface area contributed by atoms with Crippen molar-refractivity contribution in [2.24, 2.45) is 0 Å². The first-order chi connectivity index (χ1) is 6.72. The van der Waals surface area contributed by atoms with E-state index in [0.29, 0.717) is 0 Å². The van der Waals surface area contributed by atoms with Gasteiger partial charge in [0, 0.05) is 12.6 Å². The summed E-state index contributed by atoms with van der Waals surface area (Å²) in [5.41, 5.74) is 2.04. The van der Waals surface area contributed by atoms with Gasteiger partial charge in [-0.2, -0.15) is 0 Å². The van der Waals surface area contributed by atoms with Crippen LogP contribution in [0.1, 0.15) is 12.5 Å². The van der Waals surface area contributed by atoms with Crippen molar-refractivity contribution in [3.8, 4) is 11.5 Å². The molecule has 0 bridgehead atoms. The van der Waals surface area contributed by atoms with Crippen LogP contribution in [-0.4, -0.2) is 20.8 Å². The van der Waals surface area contributed by atoms with Crippen molar-refractivity contribution < 1.29 is 9.47 Å². The highest BCUT2D eigenvalue weighted by Gasteiger charge is 2.06. The second kappa shape index (κ2) is 4.74. The number of nitrogens with one attached hydrogen (secondary N) is 1. The maximum Gasteiger partial charge on any atom is 0.142 e. The van der Waals surface area contributed by atoms with E-state index in [2.05, 4.69) is 5.32 Å². The minimum absolute atomic E-state index is 0.852. The number of hydrogen-bond acceptors (Lipinski definition) is 3. The maximum absolute atomic E-state index is 5.26. The number of rotatable bonds is 4. The average molecular weight is 195 g/mol. The molecule has 0 aliphatic rings. The van der Waals surface area contributed by atoms with E-state index in [4.69, 9.17) is 9.47 Å². The molecule has 0 atom stereocenters. The topological polar surface area (TPSA) is 30.5 Å². The molecule has 0 saturated carbocycles. The molecule has 1 N–H and O–H groups in total. The average Bonchev–Trinajstić information content (AvgIpc) is 2.20. The molecule has 1 aromatic carbocycles. The van der Waals surface area contributed by atoms with E-state index in [-0.39, 0.29) is 0 Å². The number of benzene rings is 1. The molecule has 0 heterocycles. The number of ether oxygens (including phenoxy) is 2. The van der Waals surface area contributed by atoms with E-state index in [0.717, 1.165) is 29.3 Å². The van der Waals surface area contributed by atoms with Crippen LogP contribution in [0, 0.1) is 6.92 Å². The molecule has 1 rings (SSSR count). The molecule has 0 unspecified atom stereocenters. The Morgan fingerprint density at radius 2 is 1.79 bits per heavy atom. The Balaban J connectivity index is 3.11. The lowest BCUT2D eigenvalue weighted by atomic mass is 10.2. The maximum atomic E-state index is 5.26. The number of aryl methyl sites for hydroxylation is 1. The van der Waals surface area contributed by atoms with Crippen molar-refractivity contribution >= 4 is 5.69 Å². The van der Waals surface area contributed by atoms with Gasteiger partial charge in [-0.15, -0.1) is 0 Å². The smallest absolute Gasteiger partial charge is 0.142 e. The van der Waals surface area contributed by atoms with Gasteiger partial charge in [-0.05, 0) is 25.5 Å². The lowest BCUT2D eigenvalue weighted by molar-refractivity contribution is 0.402. The SMILES string of the molecule is CCNc1cc(OC)c(C)cc1OC. The van der Waals surface area contributed by atoms with Crippen LogP contribution in [0.3, 0.4) is 0 Å². The van der Waals surface area contributed by atoms with Gasteiger partial charge in [0.15, 0.2) is 0 Å². The molecule has 0 aromatic heterocycles. The summed E-state index contributed by atoms with van der Waals surface area (Å²) in [5, 5.41) is 3.22. The first-order valence-electron chi connectivity index (χ1n) is 4.69. The molecule has 0 aliphatic heterocycles. The third-order valence-corrected chi connectivity index (χ3v) is 2.08. The van der Waals surface area contributed by atoms with E-state index >= 15 is 0 Å². The van der Waals surface area contributed by atoms with Crippen LogP contribution in [0.2, 0.25) is 0 Å². The molecular weight excluding hydrogens is 178 g/mol. The van der Waals surface area contributed by atoms with Crippen molar-refractivity contribution in [2.45, 2.75) is 13.8 Å². The van der Waals surface area contributed by atoms with Gasteiger partial charge in [0.25, 0.3) is 0 Å². The molecule has 0 radical (unpaired) electrons. The van der Waals surface area contributed by atoms with E-state index in [1.807, 2.05) is 26.0 Å². The summed E-state index contributed by atoms with van der Waals surface area (Å²) < 4.78 is 10.5. The lowest BCUT2D eigenvalue weighted by Crippen LogP contribution is -2.00. The van der Waals surface area contributed by atoms with Gasteiger partial charge in [0.2, 0.25) is 0 Å². The Morgan fingerprint density at radius 3 is 2.29 bits per heavy atom. The highest BCUT2D eigenvalue weighted by atomic mass is 16.5. The summed E-state index contributed by atoms with van der Waals surface area (Å²) >= 11 is 0. The molecular formula is C11H17NO2. The molecule has 0 saturated heterocycles. The van der Waals surface area contributed by atoms with E-state index in [1.165, 1.54) is 0 Å². The van der Waals surface area contributed by atoms with Crippen LogP contribution in [0.15, 0.2) is 12.1 Å². The van der Waals surface area contributed by atoms with Gasteiger partial charge in [-0.25, -0.2) is 0 Å². The zero-order chi connectivity index (χ0) is 10.6. The standard InChI is InChI=1S/C11H17NO2/c1-5-12-9-7-10(13-3)8(2)6-11(9)14-4/h6-7,12H,5H2,1-4H3. The second-order valence-electron chi connectivity index (χ2n) is 3.05. The van der Waals surface area contributed by atoms with Gasteiger partial charge in [-0.1, -0.05) is 0 Å². The molecule has 1 aromatic rings. The summed E-state index contributed by atoms with van der Waals surface area (Å²) in [6.45, 7) is 4.91. The van der Waals surface area contributed by atoms with E-state index in [9.17, 15) is 0 Å². The first kappa shape index (κ1) is 10.7. The number of hydrogen-bond donors (Lipinski definition) is 1. The minimum atomic E-state index is 0.852. The lowest BCUT2D eigenvalue weighted by Gasteiger charge is -2.13. The summed E-state index contributed by atoms with van der Waals surface area (Å²) in [6, 6.07) is 3.93. The predicted molar refractivity (Wildman–Crippen MR) is 58.4 cm³/mol. The molecule has 78 valence electrons. The third kappa shape index (κ3) is 2.10. The molecule has 0 fully saturated rings. The van der Waals surface area contributed by atoms with Crippen LogP contribution < -0.4 is 14.8 Å². The zero-order valence-electron chi connectivity index (χ0n) is 9.18. The van der Waals surface area contributed by atoms with Crippen molar-refractivity contribution in [1.82, 2.24) is 0 Å². The van der Waals surface area contributed by atoms with Crippen LogP contribution in [-0.2, 0) is 0 Å². The fourth-order valence-corrected chi connectivity index (χ4v) is 1.38. The molecule has 0 amide bonds. The van der Waals surface area contributed by atoms with Crippen LogP contribution in [0.25, 0.3) is 0 Å². The molecule has 3 nitrogen and oxygen atoms in total. The Kier molecular flexibility index (Phi) is 3.63. The Hall–Kier alpha value is -1.38. The van der Waals surface area contributed by atoms with Crippen LogP contribution in [0.5, 0.6) is 11.5 Å². The number of methoxy groups -OCH3 is 2. The number of anilines is 1. The fourth-order valence-electron chi connectivity index (χ4n) is 1.38. The van der Waals surface area contributed by atoms with Crippen LogP contribution in [0.4, 0.5) is 5.69 Å². The zero-order valence-corrected chi connectivity index (χ0v) is 9.18. The Morgan fingerprint density at radius 1 is 1.14 bits per heavy atom. The highest BCUT2D eigenvalue weighted by Crippen LogP contribution is 2.32. The van der Waals surface area contributed by atoms with Crippen LogP contribution >= 0.6 is 0 Å². The monoisotopic (exact) mass is 195 g/mol. The summed E-state index contributed by atoms with van der Waals surface area (Å²) in [5.74, 6) is 1.73. The van der Waals surface area contributed by atoms with Gasteiger partial charge >= 0.3 is 0 Å². The first-order valence-corrected chi connectivity index (χ1v) is 4.69.